The lowest BCUT2D eigenvalue weighted by Crippen LogP contribution is -2.42. The zero-order valence-corrected chi connectivity index (χ0v) is 20.9. The molecule has 12 heteroatoms. The van der Waals surface area contributed by atoms with Crippen LogP contribution in [0.15, 0.2) is 34.3 Å². The summed E-state index contributed by atoms with van der Waals surface area (Å²) in [6.45, 7) is 1.02. The van der Waals surface area contributed by atoms with Gasteiger partial charge in [-0.1, -0.05) is 17.7 Å². The number of piperidine rings is 1. The first kappa shape index (κ1) is 24.6. The van der Waals surface area contributed by atoms with E-state index in [2.05, 4.69) is 15.4 Å². The molecule has 3 aliphatic rings. The molecule has 0 aromatic carbocycles. The second-order valence-electron chi connectivity index (χ2n) is 9.62. The van der Waals surface area contributed by atoms with E-state index in [9.17, 15) is 17.6 Å². The summed E-state index contributed by atoms with van der Waals surface area (Å²) >= 11 is 6.30. The number of alkyl halides is 1. The van der Waals surface area contributed by atoms with E-state index in [1.54, 1.807) is 12.3 Å². The van der Waals surface area contributed by atoms with Crippen LogP contribution in [-0.4, -0.2) is 66.0 Å². The Morgan fingerprint density at radius 3 is 2.60 bits per heavy atom. The average Bonchev–Trinajstić information content (AvgIpc) is 3.71. The normalized spacial score (nSPS) is 24.4. The van der Waals surface area contributed by atoms with Crippen LogP contribution in [0.3, 0.4) is 0 Å². The third-order valence-corrected chi connectivity index (χ3v) is 9.18. The van der Waals surface area contributed by atoms with Crippen molar-refractivity contribution in [3.63, 3.8) is 0 Å². The monoisotopic (exact) mass is 525 g/mol. The van der Waals surface area contributed by atoms with Crippen molar-refractivity contribution in [3.8, 4) is 0 Å². The van der Waals surface area contributed by atoms with Gasteiger partial charge in [-0.05, 0) is 56.1 Å². The first-order valence-electron chi connectivity index (χ1n) is 12.0. The van der Waals surface area contributed by atoms with Crippen molar-refractivity contribution in [1.29, 1.82) is 0 Å². The predicted molar refractivity (Wildman–Crippen MR) is 129 cm³/mol. The summed E-state index contributed by atoms with van der Waals surface area (Å²) in [6, 6.07) is 3.13. The summed E-state index contributed by atoms with van der Waals surface area (Å²) in [5, 5.41) is 7.13. The van der Waals surface area contributed by atoms with Crippen LogP contribution >= 0.6 is 11.6 Å². The number of ether oxygens (including phenoxy) is 1. The van der Waals surface area contributed by atoms with Crippen LogP contribution in [-0.2, 0) is 14.8 Å². The van der Waals surface area contributed by atoms with Crippen molar-refractivity contribution in [2.24, 2.45) is 0 Å². The quantitative estimate of drug-likeness (QED) is 0.592. The fourth-order valence-electron chi connectivity index (χ4n) is 4.70. The van der Waals surface area contributed by atoms with Crippen molar-refractivity contribution < 1.29 is 17.5 Å². The first-order valence-corrected chi connectivity index (χ1v) is 13.8. The number of aromatic nitrogens is 3. The highest BCUT2D eigenvalue weighted by atomic mass is 35.5. The molecule has 0 bridgehead atoms. The largest absolute Gasteiger partial charge is 0.379 e. The average molecular weight is 526 g/mol. The molecule has 2 aliphatic heterocycles. The molecule has 2 aromatic rings. The molecule has 190 valence electrons. The number of hydrogen-bond donors (Lipinski definition) is 1. The van der Waals surface area contributed by atoms with Gasteiger partial charge in [-0.15, -0.1) is 0 Å². The van der Waals surface area contributed by atoms with E-state index in [0.29, 0.717) is 38.2 Å². The number of hydrogen-bond acceptors (Lipinski definition) is 7. The van der Waals surface area contributed by atoms with Gasteiger partial charge in [-0.2, -0.15) is 9.40 Å². The molecule has 3 fully saturated rings. The molecular weight excluding hydrogens is 497 g/mol. The minimum absolute atomic E-state index is 0.00375. The van der Waals surface area contributed by atoms with Crippen molar-refractivity contribution in [2.45, 2.75) is 61.2 Å². The fraction of sp³-hybridized carbons (Fsp3) is 0.609. The lowest BCUT2D eigenvalue weighted by Gasteiger charge is -2.31. The molecule has 2 saturated heterocycles. The molecule has 0 spiro atoms. The highest BCUT2D eigenvalue weighted by Gasteiger charge is 2.34. The third-order valence-electron chi connectivity index (χ3n) is 6.99. The molecule has 5 rings (SSSR count). The number of halogens is 2. The van der Waals surface area contributed by atoms with Crippen molar-refractivity contribution in [2.75, 3.05) is 38.2 Å². The van der Waals surface area contributed by atoms with Crippen LogP contribution in [0, 0.1) is 0 Å². The van der Waals surface area contributed by atoms with Gasteiger partial charge in [0.2, 0.25) is 0 Å². The van der Waals surface area contributed by atoms with Crippen molar-refractivity contribution >= 4 is 27.3 Å². The summed E-state index contributed by atoms with van der Waals surface area (Å²) in [5.74, 6) is 0.508. The maximum Gasteiger partial charge on any atom is 0.287 e. The van der Waals surface area contributed by atoms with E-state index in [1.807, 2.05) is 6.07 Å². The molecule has 1 aliphatic carbocycles. The molecule has 0 amide bonds. The number of rotatable bonds is 7. The zero-order valence-electron chi connectivity index (χ0n) is 19.3. The van der Waals surface area contributed by atoms with Crippen LogP contribution in [0.1, 0.15) is 56.0 Å². The smallest absolute Gasteiger partial charge is 0.287 e. The first-order chi connectivity index (χ1) is 16.8. The second kappa shape index (κ2) is 9.76. The van der Waals surface area contributed by atoms with E-state index in [4.69, 9.17) is 16.3 Å². The number of nitrogens with zero attached hydrogens (tertiary/aromatic N) is 4. The lowest BCUT2D eigenvalue weighted by molar-refractivity contribution is -0.0234. The number of anilines is 1. The number of sulfonamides is 1. The van der Waals surface area contributed by atoms with Gasteiger partial charge in [0.15, 0.2) is 10.7 Å². The van der Waals surface area contributed by atoms with Gasteiger partial charge >= 0.3 is 0 Å². The third kappa shape index (κ3) is 5.23. The van der Waals surface area contributed by atoms with Gasteiger partial charge in [0.25, 0.3) is 15.6 Å². The number of pyridine rings is 1. The summed E-state index contributed by atoms with van der Waals surface area (Å²) in [4.78, 5) is 17.1. The van der Waals surface area contributed by atoms with Crippen LogP contribution in [0.5, 0.6) is 0 Å². The fourth-order valence-corrected chi connectivity index (χ4v) is 6.29. The Kier molecular flexibility index (Phi) is 6.86. The molecule has 4 heterocycles. The Hall–Kier alpha value is -2.08. The summed E-state index contributed by atoms with van der Waals surface area (Å²) in [5.41, 5.74) is -0.641. The standard InChI is InChI=1S/C23H29ClFN5O4S/c24-21-19(27-14-23(25)8-1-11-34-15-23)13-28-30(22(21)31)18-6-9-29(10-7-18)35(32,33)20-5-4-17(12-26-20)16-2-3-16/h4-5,12-13,16,18,27H,1-3,6-11,14-15H2/t23-/m1/s1. The topological polar surface area (TPSA) is 106 Å². The number of nitrogens with one attached hydrogen (secondary N) is 1. The van der Waals surface area contributed by atoms with Gasteiger partial charge < -0.3 is 10.1 Å². The molecule has 9 nitrogen and oxygen atoms in total. The molecular formula is C23H29ClFN5O4S. The highest BCUT2D eigenvalue weighted by Crippen LogP contribution is 2.39. The van der Waals surface area contributed by atoms with Crippen LogP contribution in [0.2, 0.25) is 5.02 Å². The molecule has 0 radical (unpaired) electrons. The Bertz CT molecular complexity index is 1220. The predicted octanol–water partition coefficient (Wildman–Crippen LogP) is 3.13. The summed E-state index contributed by atoms with van der Waals surface area (Å²) < 4.78 is 48.8. The van der Waals surface area contributed by atoms with Gasteiger partial charge in [0.1, 0.15) is 5.02 Å². The maximum atomic E-state index is 14.8. The molecule has 35 heavy (non-hydrogen) atoms. The summed E-state index contributed by atoms with van der Waals surface area (Å²) in [6.07, 6.45) is 7.19. The van der Waals surface area contributed by atoms with Crippen molar-refractivity contribution in [3.05, 3.63) is 45.5 Å². The molecule has 0 unspecified atom stereocenters. The molecule has 1 atom stereocenters. The minimum Gasteiger partial charge on any atom is -0.379 e. The van der Waals surface area contributed by atoms with E-state index in [-0.39, 0.29) is 48.0 Å². The van der Waals surface area contributed by atoms with Crippen molar-refractivity contribution in [1.82, 2.24) is 19.1 Å². The van der Waals surface area contributed by atoms with Gasteiger partial charge in [-0.25, -0.2) is 22.5 Å². The zero-order chi connectivity index (χ0) is 24.6. The van der Waals surface area contributed by atoms with Gasteiger partial charge in [0.05, 0.1) is 31.1 Å². The van der Waals surface area contributed by atoms with E-state index < -0.39 is 21.3 Å². The Balaban J connectivity index is 1.22. The Morgan fingerprint density at radius 2 is 1.97 bits per heavy atom. The second-order valence-corrected chi connectivity index (χ2v) is 11.9. The van der Waals surface area contributed by atoms with Crippen LogP contribution < -0.4 is 10.9 Å². The summed E-state index contributed by atoms with van der Waals surface area (Å²) in [7, 11) is -3.71. The van der Waals surface area contributed by atoms with Crippen LogP contribution in [0.4, 0.5) is 10.1 Å². The SMILES string of the molecule is O=c1c(Cl)c(NC[C@]2(F)CCCOC2)cnn1C1CCN(S(=O)(=O)c2ccc(C3CC3)cn2)CC1. The molecule has 1 N–H and O–H groups in total. The van der Waals surface area contributed by atoms with Gasteiger partial charge in [-0.3, -0.25) is 4.79 Å². The maximum absolute atomic E-state index is 14.8. The highest BCUT2D eigenvalue weighted by molar-refractivity contribution is 7.89. The van der Waals surface area contributed by atoms with E-state index in [1.165, 1.54) is 15.2 Å². The van der Waals surface area contributed by atoms with Gasteiger partial charge in [0, 0.05) is 25.9 Å². The lowest BCUT2D eigenvalue weighted by atomic mass is 9.99. The Morgan fingerprint density at radius 1 is 1.20 bits per heavy atom. The van der Waals surface area contributed by atoms with E-state index in [0.717, 1.165) is 18.4 Å². The molecule has 2 aromatic heterocycles. The molecule has 1 saturated carbocycles. The Labute approximate surface area is 208 Å². The van der Waals surface area contributed by atoms with E-state index >= 15 is 0 Å². The minimum atomic E-state index is -3.71. The van der Waals surface area contributed by atoms with Crippen LogP contribution in [0.25, 0.3) is 0 Å².